The van der Waals surface area contributed by atoms with Crippen LogP contribution in [0.15, 0.2) is 48.5 Å². The molecular weight excluding hydrogens is 352 g/mol. The lowest BCUT2D eigenvalue weighted by atomic mass is 10.0. The number of piperazine rings is 1. The zero-order valence-electron chi connectivity index (χ0n) is 14.8. The molecule has 0 spiro atoms. The highest BCUT2D eigenvalue weighted by molar-refractivity contribution is 6.32. The van der Waals surface area contributed by atoms with Crippen molar-refractivity contribution in [3.05, 3.63) is 59.1 Å². The molecule has 6 heteroatoms. The van der Waals surface area contributed by atoms with Crippen LogP contribution in [0.25, 0.3) is 0 Å². The highest BCUT2D eigenvalue weighted by Crippen LogP contribution is 2.26. The van der Waals surface area contributed by atoms with E-state index in [2.05, 4.69) is 17.0 Å². The third-order valence-corrected chi connectivity index (χ3v) is 5.10. The minimum absolute atomic E-state index is 0.421. The molecule has 2 aromatic rings. The van der Waals surface area contributed by atoms with Crippen LogP contribution in [0.2, 0.25) is 5.02 Å². The fourth-order valence-corrected chi connectivity index (χ4v) is 3.64. The lowest BCUT2D eigenvalue weighted by Crippen LogP contribution is -2.53. The number of hydrogen-bond donors (Lipinski definition) is 1. The van der Waals surface area contributed by atoms with Gasteiger partial charge in [0, 0.05) is 31.9 Å². The second-order valence-electron chi connectivity index (χ2n) is 6.39. The first kappa shape index (κ1) is 18.5. The number of carboxylic acids is 1. The molecule has 0 amide bonds. The average Bonchev–Trinajstić information content (AvgIpc) is 2.67. The zero-order valence-corrected chi connectivity index (χ0v) is 15.5. The van der Waals surface area contributed by atoms with Gasteiger partial charge in [0.25, 0.3) is 0 Å². The number of rotatable bonds is 6. The van der Waals surface area contributed by atoms with Gasteiger partial charge in [-0.1, -0.05) is 35.9 Å². The minimum Gasteiger partial charge on any atom is -0.495 e. The van der Waals surface area contributed by atoms with Crippen LogP contribution < -0.4 is 9.64 Å². The highest BCUT2D eigenvalue weighted by atomic mass is 35.5. The number of methoxy groups -OCH3 is 1. The van der Waals surface area contributed by atoms with E-state index in [1.807, 2.05) is 29.2 Å². The number of halogens is 1. The molecule has 1 heterocycles. The number of ether oxygens (including phenoxy) is 1. The number of carboxylic acid groups (broad SMARTS) is 1. The van der Waals surface area contributed by atoms with Gasteiger partial charge in [-0.25, -0.2) is 0 Å². The van der Waals surface area contributed by atoms with E-state index < -0.39 is 12.0 Å². The van der Waals surface area contributed by atoms with Crippen LogP contribution in [-0.2, 0) is 11.2 Å². The lowest BCUT2D eigenvalue weighted by molar-refractivity contribution is -0.143. The monoisotopic (exact) mass is 374 g/mol. The smallest absolute Gasteiger partial charge is 0.321 e. The quantitative estimate of drug-likeness (QED) is 0.841. The lowest BCUT2D eigenvalue weighted by Gasteiger charge is -2.38. The Hall–Kier alpha value is -2.24. The molecular formula is C20H23ClN2O3. The first-order valence-electron chi connectivity index (χ1n) is 8.67. The number of nitrogens with zero attached hydrogens (tertiary/aromatic N) is 2. The molecule has 0 saturated carbocycles. The van der Waals surface area contributed by atoms with Crippen molar-refractivity contribution in [2.75, 3.05) is 38.2 Å². The van der Waals surface area contributed by atoms with Gasteiger partial charge in [0.2, 0.25) is 0 Å². The Balaban J connectivity index is 1.66. The van der Waals surface area contributed by atoms with E-state index in [0.717, 1.165) is 31.7 Å². The summed E-state index contributed by atoms with van der Waals surface area (Å²) in [5, 5.41) is 10.2. The van der Waals surface area contributed by atoms with Crippen LogP contribution in [0.4, 0.5) is 5.69 Å². The van der Waals surface area contributed by atoms with Gasteiger partial charge in [-0.2, -0.15) is 0 Å². The van der Waals surface area contributed by atoms with Crippen molar-refractivity contribution in [2.45, 2.75) is 12.5 Å². The molecule has 2 aromatic carbocycles. The third kappa shape index (κ3) is 4.29. The van der Waals surface area contributed by atoms with Gasteiger partial charge in [0.05, 0.1) is 12.1 Å². The second kappa shape index (κ2) is 8.43. The summed E-state index contributed by atoms with van der Waals surface area (Å²) in [5.74, 6) is -0.205. The molecule has 26 heavy (non-hydrogen) atoms. The van der Waals surface area contributed by atoms with E-state index in [0.29, 0.717) is 17.2 Å². The average molecular weight is 375 g/mol. The topological polar surface area (TPSA) is 53.0 Å². The first-order valence-corrected chi connectivity index (χ1v) is 9.05. The number of para-hydroxylation sites is 1. The molecule has 1 saturated heterocycles. The second-order valence-corrected chi connectivity index (χ2v) is 6.79. The van der Waals surface area contributed by atoms with Crippen molar-refractivity contribution in [1.29, 1.82) is 0 Å². The third-order valence-electron chi connectivity index (χ3n) is 4.81. The molecule has 1 atom stereocenters. The molecule has 1 aliphatic rings. The summed E-state index contributed by atoms with van der Waals surface area (Å²) >= 11 is 6.17. The summed E-state index contributed by atoms with van der Waals surface area (Å²) in [5.41, 5.74) is 2.08. The normalized spacial score (nSPS) is 16.3. The number of aliphatic carboxylic acids is 1. The Labute approximate surface area is 158 Å². The Bertz CT molecular complexity index is 746. The van der Waals surface area contributed by atoms with E-state index in [1.165, 1.54) is 5.69 Å². The molecule has 5 nitrogen and oxygen atoms in total. The van der Waals surface area contributed by atoms with E-state index in [9.17, 15) is 9.90 Å². The first-order chi connectivity index (χ1) is 12.6. The molecule has 0 bridgehead atoms. The van der Waals surface area contributed by atoms with E-state index in [4.69, 9.17) is 16.3 Å². The highest BCUT2D eigenvalue weighted by Gasteiger charge is 2.29. The molecule has 3 rings (SSSR count). The predicted molar refractivity (Wildman–Crippen MR) is 103 cm³/mol. The Kier molecular flexibility index (Phi) is 6.01. The van der Waals surface area contributed by atoms with E-state index in [-0.39, 0.29) is 0 Å². The van der Waals surface area contributed by atoms with Crippen LogP contribution in [0, 0.1) is 0 Å². The largest absolute Gasteiger partial charge is 0.495 e. The van der Waals surface area contributed by atoms with Crippen LogP contribution in [0.1, 0.15) is 5.56 Å². The molecule has 0 unspecified atom stereocenters. The van der Waals surface area contributed by atoms with Gasteiger partial charge in [-0.05, 0) is 36.2 Å². The minimum atomic E-state index is -0.801. The van der Waals surface area contributed by atoms with Gasteiger partial charge in [-0.15, -0.1) is 0 Å². The number of carbonyl (C=O) groups is 1. The molecule has 0 radical (unpaired) electrons. The molecule has 0 aliphatic carbocycles. The van der Waals surface area contributed by atoms with Crippen LogP contribution >= 0.6 is 11.6 Å². The van der Waals surface area contributed by atoms with Crippen molar-refractivity contribution in [2.24, 2.45) is 0 Å². The van der Waals surface area contributed by atoms with Crippen molar-refractivity contribution >= 4 is 23.3 Å². The fourth-order valence-electron chi connectivity index (χ4n) is 3.36. The summed E-state index contributed by atoms with van der Waals surface area (Å²) in [6.07, 6.45) is 0.421. The Morgan fingerprint density at radius 1 is 1.15 bits per heavy atom. The Morgan fingerprint density at radius 3 is 2.42 bits per heavy atom. The molecule has 1 fully saturated rings. The van der Waals surface area contributed by atoms with Crippen molar-refractivity contribution in [3.63, 3.8) is 0 Å². The Morgan fingerprint density at radius 2 is 1.85 bits per heavy atom. The van der Waals surface area contributed by atoms with Crippen molar-refractivity contribution in [1.82, 2.24) is 4.90 Å². The maximum Gasteiger partial charge on any atom is 0.321 e. The van der Waals surface area contributed by atoms with Crippen LogP contribution in [-0.4, -0.2) is 55.3 Å². The summed E-state index contributed by atoms with van der Waals surface area (Å²) < 4.78 is 5.16. The summed E-state index contributed by atoms with van der Waals surface area (Å²) in [6.45, 7) is 3.07. The van der Waals surface area contributed by atoms with E-state index >= 15 is 0 Å². The standard InChI is InChI=1S/C20H23ClN2O3/c1-26-19-8-7-15(13-17(19)21)14-18(20(24)25)23-11-9-22(10-12-23)16-5-3-2-4-6-16/h2-8,13,18H,9-12,14H2,1H3,(H,24,25)/t18-/m0/s1. The van der Waals surface area contributed by atoms with Gasteiger partial charge in [0.15, 0.2) is 0 Å². The molecule has 0 aromatic heterocycles. The summed E-state index contributed by atoms with van der Waals surface area (Å²) in [4.78, 5) is 16.2. The van der Waals surface area contributed by atoms with Gasteiger partial charge in [0.1, 0.15) is 11.8 Å². The maximum absolute atomic E-state index is 11.8. The molecule has 1 aliphatic heterocycles. The fraction of sp³-hybridized carbons (Fsp3) is 0.350. The van der Waals surface area contributed by atoms with E-state index in [1.54, 1.807) is 19.2 Å². The van der Waals surface area contributed by atoms with Gasteiger partial charge >= 0.3 is 5.97 Å². The summed E-state index contributed by atoms with van der Waals surface area (Å²) in [7, 11) is 1.56. The van der Waals surface area contributed by atoms with Crippen LogP contribution in [0.3, 0.4) is 0 Å². The zero-order chi connectivity index (χ0) is 18.5. The van der Waals surface area contributed by atoms with Crippen molar-refractivity contribution in [3.8, 4) is 5.75 Å². The van der Waals surface area contributed by atoms with Gasteiger partial charge < -0.3 is 14.7 Å². The number of benzene rings is 2. The predicted octanol–water partition coefficient (Wildman–Crippen LogP) is 3.17. The SMILES string of the molecule is COc1ccc(C[C@@H](C(=O)O)N2CCN(c3ccccc3)CC2)cc1Cl. The van der Waals surface area contributed by atoms with Gasteiger partial charge in [-0.3, -0.25) is 9.69 Å². The van der Waals surface area contributed by atoms with Crippen LogP contribution in [0.5, 0.6) is 5.75 Å². The summed E-state index contributed by atoms with van der Waals surface area (Å²) in [6, 6.07) is 15.1. The number of anilines is 1. The number of hydrogen-bond acceptors (Lipinski definition) is 4. The molecule has 1 N–H and O–H groups in total. The van der Waals surface area contributed by atoms with Crippen molar-refractivity contribution < 1.29 is 14.6 Å². The molecule has 138 valence electrons. The maximum atomic E-state index is 11.8.